The quantitative estimate of drug-likeness (QED) is 0.166. The Hall–Kier alpha value is -3.08. The summed E-state index contributed by atoms with van der Waals surface area (Å²) >= 11 is 6.21. The number of benzene rings is 3. The number of nitrogens with zero attached hydrogens (tertiary/aromatic N) is 1. The van der Waals surface area contributed by atoms with Crippen LogP contribution in [0.2, 0.25) is 5.02 Å². The third kappa shape index (κ3) is 8.70. The lowest BCUT2D eigenvalue weighted by molar-refractivity contribution is -0.137. The fraction of sp³-hybridized carbons (Fsp3) is 0.367. The van der Waals surface area contributed by atoms with Crippen molar-refractivity contribution in [3.63, 3.8) is 0 Å². The highest BCUT2D eigenvalue weighted by Gasteiger charge is 2.34. The first-order valence-electron chi connectivity index (χ1n) is 12.8. The molecule has 222 valence electrons. The van der Waals surface area contributed by atoms with Gasteiger partial charge in [-0.1, -0.05) is 67.9 Å². The molecule has 3 aromatic carbocycles. The number of hydrogen-bond acceptors (Lipinski definition) is 6. The third-order valence-corrected chi connectivity index (χ3v) is 8.18. The Bertz CT molecular complexity index is 1460. The molecule has 0 aliphatic rings. The van der Waals surface area contributed by atoms with Crippen LogP contribution in [0.3, 0.4) is 0 Å². The van der Waals surface area contributed by atoms with Crippen LogP contribution < -0.4 is 4.74 Å². The summed E-state index contributed by atoms with van der Waals surface area (Å²) in [6, 6.07) is 17.8. The van der Waals surface area contributed by atoms with Gasteiger partial charge in [0.2, 0.25) is 0 Å². The summed E-state index contributed by atoms with van der Waals surface area (Å²) in [6.45, 7) is 5.49. The van der Waals surface area contributed by atoms with Crippen LogP contribution in [0.25, 0.3) is 0 Å². The topological polar surface area (TPSA) is 72.9 Å². The molecular formula is C30H33ClF3NO5S. The average Bonchev–Trinajstić information content (AvgIpc) is 2.90. The number of esters is 1. The zero-order valence-corrected chi connectivity index (χ0v) is 24.9. The van der Waals surface area contributed by atoms with Crippen molar-refractivity contribution < 1.29 is 35.9 Å². The molecule has 0 atom stereocenters. The van der Waals surface area contributed by atoms with Crippen molar-refractivity contribution in [1.82, 2.24) is 4.90 Å². The highest BCUT2D eigenvalue weighted by molar-refractivity contribution is 7.90. The Labute approximate surface area is 243 Å². The lowest BCUT2D eigenvalue weighted by atomic mass is 9.84. The van der Waals surface area contributed by atoms with E-state index in [1.54, 1.807) is 6.07 Å². The van der Waals surface area contributed by atoms with Crippen molar-refractivity contribution in [3.05, 3.63) is 94.0 Å². The van der Waals surface area contributed by atoms with Crippen molar-refractivity contribution in [2.24, 2.45) is 0 Å². The fourth-order valence-electron chi connectivity index (χ4n) is 4.57. The number of alkyl halides is 3. The van der Waals surface area contributed by atoms with E-state index in [9.17, 15) is 26.4 Å². The highest BCUT2D eigenvalue weighted by Crippen LogP contribution is 2.37. The van der Waals surface area contributed by atoms with Gasteiger partial charge in [0.15, 0.2) is 9.84 Å². The second-order valence-corrected chi connectivity index (χ2v) is 12.7. The van der Waals surface area contributed by atoms with Crippen molar-refractivity contribution in [2.45, 2.75) is 43.3 Å². The SMILES string of the molecule is COC(=O)c1ccc(OCCCN(Cc2cccc(C(F)(F)F)c2Cl)CC(C)(C)c2ccccc2)cc1S(C)(=O)=O. The Kier molecular flexibility index (Phi) is 10.5. The number of halogens is 4. The largest absolute Gasteiger partial charge is 0.494 e. The number of methoxy groups -OCH3 is 1. The maximum atomic E-state index is 13.5. The van der Waals surface area contributed by atoms with Crippen molar-refractivity contribution in [1.29, 1.82) is 0 Å². The Morgan fingerprint density at radius 3 is 2.29 bits per heavy atom. The zero-order valence-electron chi connectivity index (χ0n) is 23.3. The minimum absolute atomic E-state index is 0.0883. The maximum Gasteiger partial charge on any atom is 0.417 e. The lowest BCUT2D eigenvalue weighted by Crippen LogP contribution is -2.37. The maximum absolute atomic E-state index is 13.5. The van der Waals surface area contributed by atoms with Crippen molar-refractivity contribution in [2.75, 3.05) is 33.1 Å². The van der Waals surface area contributed by atoms with Crippen molar-refractivity contribution in [3.8, 4) is 5.75 Å². The van der Waals surface area contributed by atoms with E-state index in [0.717, 1.165) is 25.0 Å². The minimum atomic E-state index is -4.57. The van der Waals surface area contributed by atoms with Gasteiger partial charge in [0.1, 0.15) is 5.75 Å². The molecule has 6 nitrogen and oxygen atoms in total. The molecule has 3 aromatic rings. The molecule has 3 rings (SSSR count). The molecule has 0 amide bonds. The number of ether oxygens (including phenoxy) is 2. The van der Waals surface area contributed by atoms with Gasteiger partial charge in [-0.05, 0) is 41.8 Å². The molecule has 0 N–H and O–H groups in total. The van der Waals surface area contributed by atoms with E-state index in [2.05, 4.69) is 18.6 Å². The van der Waals surface area contributed by atoms with Crippen LogP contribution in [0.4, 0.5) is 13.2 Å². The first kappa shape index (κ1) is 32.4. The van der Waals surface area contributed by atoms with E-state index in [0.29, 0.717) is 25.1 Å². The van der Waals surface area contributed by atoms with Crippen LogP contribution in [0.1, 0.15) is 47.3 Å². The van der Waals surface area contributed by atoms with E-state index in [4.69, 9.17) is 16.3 Å². The molecule has 0 heterocycles. The number of hydrogen-bond donors (Lipinski definition) is 0. The van der Waals surface area contributed by atoms with Gasteiger partial charge in [-0.15, -0.1) is 0 Å². The summed E-state index contributed by atoms with van der Waals surface area (Å²) < 4.78 is 75.4. The van der Waals surface area contributed by atoms with Crippen LogP contribution in [0.5, 0.6) is 5.75 Å². The zero-order chi connectivity index (χ0) is 30.4. The molecule has 0 bridgehead atoms. The lowest BCUT2D eigenvalue weighted by Gasteiger charge is -2.33. The van der Waals surface area contributed by atoms with Crippen LogP contribution >= 0.6 is 11.6 Å². The fourth-order valence-corrected chi connectivity index (χ4v) is 5.75. The summed E-state index contributed by atoms with van der Waals surface area (Å²) in [5, 5.41) is -0.322. The Morgan fingerprint density at radius 1 is 1.00 bits per heavy atom. The molecule has 0 spiro atoms. The van der Waals surface area contributed by atoms with Gasteiger partial charge in [-0.25, -0.2) is 13.2 Å². The Morgan fingerprint density at radius 2 is 1.68 bits per heavy atom. The van der Waals surface area contributed by atoms with Gasteiger partial charge in [0, 0.05) is 31.3 Å². The summed E-state index contributed by atoms with van der Waals surface area (Å²) in [7, 11) is -2.57. The van der Waals surface area contributed by atoms with Crippen LogP contribution in [0.15, 0.2) is 71.6 Å². The summed E-state index contributed by atoms with van der Waals surface area (Å²) in [6.07, 6.45) is -3.10. The molecule has 0 saturated heterocycles. The number of carbonyl (C=O) groups is 1. The molecule has 0 unspecified atom stereocenters. The number of rotatable bonds is 12. The van der Waals surface area contributed by atoms with E-state index >= 15 is 0 Å². The van der Waals surface area contributed by atoms with Gasteiger partial charge in [0.25, 0.3) is 0 Å². The van der Waals surface area contributed by atoms with Crippen molar-refractivity contribution >= 4 is 27.4 Å². The smallest absolute Gasteiger partial charge is 0.417 e. The first-order chi connectivity index (χ1) is 19.1. The van der Waals surface area contributed by atoms with E-state index in [1.807, 2.05) is 35.2 Å². The minimum Gasteiger partial charge on any atom is -0.494 e. The number of sulfone groups is 1. The summed E-state index contributed by atoms with van der Waals surface area (Å²) in [5.41, 5.74) is 0.150. The third-order valence-electron chi connectivity index (χ3n) is 6.60. The monoisotopic (exact) mass is 611 g/mol. The molecule has 41 heavy (non-hydrogen) atoms. The molecule has 11 heteroatoms. The standard InChI is InChI=1S/C30H33ClF3NO5S/c1-29(2,22-11-6-5-7-12-22)20-35(19-21-10-8-13-25(27(21)31)30(32,33)34)16-9-17-40-23-14-15-24(28(36)39-3)26(18-23)41(4,37)38/h5-8,10-15,18H,9,16-17,19-20H2,1-4H3. The van der Waals surface area contributed by atoms with Gasteiger partial charge < -0.3 is 9.47 Å². The highest BCUT2D eigenvalue weighted by atomic mass is 35.5. The second kappa shape index (κ2) is 13.3. The van der Waals surface area contributed by atoms with E-state index in [1.165, 1.54) is 24.3 Å². The first-order valence-corrected chi connectivity index (χ1v) is 15.1. The van der Waals surface area contributed by atoms with Crippen LogP contribution in [-0.2, 0) is 32.7 Å². The molecule has 0 aliphatic heterocycles. The molecule has 0 aliphatic carbocycles. The number of carbonyl (C=O) groups excluding carboxylic acids is 1. The average molecular weight is 612 g/mol. The van der Waals surface area contributed by atoms with Gasteiger partial charge in [-0.3, -0.25) is 4.90 Å². The van der Waals surface area contributed by atoms with E-state index in [-0.39, 0.29) is 39.8 Å². The van der Waals surface area contributed by atoms with Gasteiger partial charge in [-0.2, -0.15) is 13.2 Å². The predicted molar refractivity (Wildman–Crippen MR) is 152 cm³/mol. The second-order valence-electron chi connectivity index (χ2n) is 10.4. The molecule has 0 aromatic heterocycles. The van der Waals surface area contributed by atoms with E-state index < -0.39 is 27.5 Å². The molecule has 0 fully saturated rings. The molecule has 0 saturated carbocycles. The Balaban J connectivity index is 1.78. The van der Waals surface area contributed by atoms with Gasteiger partial charge >= 0.3 is 12.1 Å². The summed E-state index contributed by atoms with van der Waals surface area (Å²) in [5.74, 6) is -0.517. The normalized spacial score (nSPS) is 12.4. The molecule has 0 radical (unpaired) electrons. The predicted octanol–water partition coefficient (Wildman–Crippen LogP) is 6.80. The summed E-state index contributed by atoms with van der Waals surface area (Å²) in [4.78, 5) is 13.8. The molecular weight excluding hydrogens is 579 g/mol. The van der Waals surface area contributed by atoms with Crippen LogP contribution in [0, 0.1) is 0 Å². The van der Waals surface area contributed by atoms with Crippen LogP contribution in [-0.4, -0.2) is 52.3 Å². The van der Waals surface area contributed by atoms with Gasteiger partial charge in [0.05, 0.1) is 34.8 Å².